The maximum atomic E-state index is 11.0. The number of hydrogen-bond acceptors (Lipinski definition) is 5. The second-order valence-corrected chi connectivity index (χ2v) is 4.22. The fourth-order valence-corrected chi connectivity index (χ4v) is 2.11. The number of rotatable bonds is 3. The van der Waals surface area contributed by atoms with Crippen molar-refractivity contribution in [2.24, 2.45) is 0 Å². The van der Waals surface area contributed by atoms with Crippen molar-refractivity contribution < 1.29 is 9.53 Å². The molecule has 2 aromatic heterocycles. The summed E-state index contributed by atoms with van der Waals surface area (Å²) in [5, 5.41) is 7.68. The Morgan fingerprint density at radius 2 is 2.50 bits per heavy atom. The largest absolute Gasteiger partial charge is 0.450 e. The Hall–Kier alpha value is -1.63. The SMILES string of the molecule is CCOC(=O)NCc1nn2cc(C)nc2s1. The molecule has 0 radical (unpaired) electrons. The van der Waals surface area contributed by atoms with E-state index in [2.05, 4.69) is 15.4 Å². The predicted molar refractivity (Wildman–Crippen MR) is 59.5 cm³/mol. The van der Waals surface area contributed by atoms with E-state index < -0.39 is 6.09 Å². The monoisotopic (exact) mass is 240 g/mol. The van der Waals surface area contributed by atoms with Crippen LogP contribution in [-0.2, 0) is 11.3 Å². The van der Waals surface area contributed by atoms with Gasteiger partial charge in [0, 0.05) is 0 Å². The minimum Gasteiger partial charge on any atom is -0.450 e. The predicted octanol–water partition coefficient (Wildman–Crippen LogP) is 1.35. The number of carbonyl (C=O) groups excluding carboxylic acids is 1. The lowest BCUT2D eigenvalue weighted by molar-refractivity contribution is 0.151. The van der Waals surface area contributed by atoms with Crippen LogP contribution < -0.4 is 5.32 Å². The first-order valence-corrected chi connectivity index (χ1v) is 5.73. The van der Waals surface area contributed by atoms with Crippen molar-refractivity contribution in [1.29, 1.82) is 0 Å². The third-order valence-corrected chi connectivity index (χ3v) is 2.79. The molecule has 2 rings (SSSR count). The number of carbonyl (C=O) groups is 1. The lowest BCUT2D eigenvalue weighted by atomic mass is 10.6. The van der Waals surface area contributed by atoms with E-state index in [4.69, 9.17) is 4.74 Å². The van der Waals surface area contributed by atoms with Crippen LogP contribution in [0.15, 0.2) is 6.20 Å². The van der Waals surface area contributed by atoms with Crippen molar-refractivity contribution in [3.05, 3.63) is 16.9 Å². The van der Waals surface area contributed by atoms with Gasteiger partial charge in [0.05, 0.1) is 25.0 Å². The molecular weight excluding hydrogens is 228 g/mol. The summed E-state index contributed by atoms with van der Waals surface area (Å²) in [5.74, 6) is 0. The number of alkyl carbamates (subject to hydrolysis) is 1. The van der Waals surface area contributed by atoms with Crippen LogP contribution in [-0.4, -0.2) is 27.3 Å². The maximum absolute atomic E-state index is 11.0. The number of fused-ring (bicyclic) bond motifs is 1. The zero-order valence-electron chi connectivity index (χ0n) is 9.06. The van der Waals surface area contributed by atoms with Crippen LogP contribution in [0, 0.1) is 6.92 Å². The number of imidazole rings is 1. The molecular formula is C9H12N4O2S. The van der Waals surface area contributed by atoms with Gasteiger partial charge in [-0.25, -0.2) is 14.3 Å². The molecule has 0 aliphatic rings. The van der Waals surface area contributed by atoms with Crippen molar-refractivity contribution in [2.75, 3.05) is 6.61 Å². The Balaban J connectivity index is 1.99. The second-order valence-electron chi connectivity index (χ2n) is 3.18. The molecule has 0 aromatic carbocycles. The minimum atomic E-state index is -0.425. The number of nitrogens with one attached hydrogen (secondary N) is 1. The first-order chi connectivity index (χ1) is 7.69. The van der Waals surface area contributed by atoms with E-state index in [9.17, 15) is 4.79 Å². The molecule has 2 heterocycles. The first kappa shape index (κ1) is 10.9. The van der Waals surface area contributed by atoms with Gasteiger partial charge in [0.15, 0.2) is 0 Å². The molecule has 0 saturated heterocycles. The molecule has 2 aromatic rings. The van der Waals surface area contributed by atoms with Crippen LogP contribution in [0.2, 0.25) is 0 Å². The van der Waals surface area contributed by atoms with E-state index in [1.165, 1.54) is 11.3 Å². The van der Waals surface area contributed by atoms with E-state index in [1.807, 2.05) is 13.1 Å². The molecule has 0 bridgehead atoms. The Kier molecular flexibility index (Phi) is 3.04. The Morgan fingerprint density at radius 1 is 1.69 bits per heavy atom. The highest BCUT2D eigenvalue weighted by Gasteiger charge is 2.07. The van der Waals surface area contributed by atoms with E-state index in [0.717, 1.165) is 15.7 Å². The highest BCUT2D eigenvalue weighted by molar-refractivity contribution is 7.16. The quantitative estimate of drug-likeness (QED) is 0.879. The fourth-order valence-electron chi connectivity index (χ4n) is 1.25. The van der Waals surface area contributed by atoms with E-state index in [1.54, 1.807) is 11.4 Å². The van der Waals surface area contributed by atoms with Crippen LogP contribution in [0.5, 0.6) is 0 Å². The highest BCUT2D eigenvalue weighted by atomic mass is 32.1. The molecule has 1 amide bonds. The van der Waals surface area contributed by atoms with Crippen LogP contribution >= 0.6 is 11.3 Å². The molecule has 0 aliphatic heterocycles. The summed E-state index contributed by atoms with van der Waals surface area (Å²) in [5.41, 5.74) is 0.934. The fraction of sp³-hybridized carbons (Fsp3) is 0.444. The Bertz CT molecular complexity index is 473. The molecule has 0 fully saturated rings. The minimum absolute atomic E-state index is 0.367. The zero-order chi connectivity index (χ0) is 11.5. The normalized spacial score (nSPS) is 10.6. The van der Waals surface area contributed by atoms with Crippen LogP contribution in [0.4, 0.5) is 4.79 Å². The van der Waals surface area contributed by atoms with Gasteiger partial charge >= 0.3 is 6.09 Å². The van der Waals surface area contributed by atoms with Gasteiger partial charge in [-0.15, -0.1) is 0 Å². The van der Waals surface area contributed by atoms with Crippen molar-refractivity contribution >= 4 is 22.4 Å². The summed E-state index contributed by atoms with van der Waals surface area (Å²) in [6.45, 7) is 4.41. The number of nitrogens with zero attached hydrogens (tertiary/aromatic N) is 3. The smallest absolute Gasteiger partial charge is 0.407 e. The summed E-state index contributed by atoms with van der Waals surface area (Å²) in [6.07, 6.45) is 1.42. The summed E-state index contributed by atoms with van der Waals surface area (Å²) < 4.78 is 6.45. The summed E-state index contributed by atoms with van der Waals surface area (Å²) in [4.78, 5) is 16.1. The first-order valence-electron chi connectivity index (χ1n) is 4.91. The lowest BCUT2D eigenvalue weighted by Crippen LogP contribution is -2.23. The van der Waals surface area contributed by atoms with Crippen molar-refractivity contribution in [3.63, 3.8) is 0 Å². The number of ether oxygens (including phenoxy) is 1. The van der Waals surface area contributed by atoms with Gasteiger partial charge in [-0.3, -0.25) is 0 Å². The molecule has 0 aliphatic carbocycles. The molecule has 86 valence electrons. The second kappa shape index (κ2) is 4.48. The molecule has 1 N–H and O–H groups in total. The third-order valence-electron chi connectivity index (χ3n) is 1.86. The third kappa shape index (κ3) is 2.30. The van der Waals surface area contributed by atoms with Crippen molar-refractivity contribution in [3.8, 4) is 0 Å². The summed E-state index contributed by atoms with van der Waals surface area (Å²) in [6, 6.07) is 0. The molecule has 0 unspecified atom stereocenters. The van der Waals surface area contributed by atoms with Crippen molar-refractivity contribution in [1.82, 2.24) is 19.9 Å². The number of hydrogen-bond donors (Lipinski definition) is 1. The van der Waals surface area contributed by atoms with Gasteiger partial charge in [-0.1, -0.05) is 11.3 Å². The number of aryl methyl sites for hydroxylation is 1. The average molecular weight is 240 g/mol. The molecule has 0 atom stereocenters. The Labute approximate surface area is 96.2 Å². The van der Waals surface area contributed by atoms with E-state index >= 15 is 0 Å². The average Bonchev–Trinajstić information content (AvgIpc) is 2.71. The number of amides is 1. The highest BCUT2D eigenvalue weighted by Crippen LogP contribution is 2.13. The van der Waals surface area contributed by atoms with E-state index in [-0.39, 0.29) is 0 Å². The molecule has 0 saturated carbocycles. The van der Waals surface area contributed by atoms with Gasteiger partial charge in [0.2, 0.25) is 4.96 Å². The van der Waals surface area contributed by atoms with Gasteiger partial charge in [-0.05, 0) is 13.8 Å². The van der Waals surface area contributed by atoms with Gasteiger partial charge in [0.1, 0.15) is 5.01 Å². The van der Waals surface area contributed by atoms with Crippen LogP contribution in [0.3, 0.4) is 0 Å². The number of aromatic nitrogens is 3. The lowest BCUT2D eigenvalue weighted by Gasteiger charge is -2.01. The maximum Gasteiger partial charge on any atom is 0.407 e. The van der Waals surface area contributed by atoms with Gasteiger partial charge < -0.3 is 10.1 Å². The van der Waals surface area contributed by atoms with Gasteiger partial charge in [0.25, 0.3) is 0 Å². The van der Waals surface area contributed by atoms with Crippen LogP contribution in [0.1, 0.15) is 17.6 Å². The van der Waals surface area contributed by atoms with Crippen LogP contribution in [0.25, 0.3) is 4.96 Å². The molecule has 16 heavy (non-hydrogen) atoms. The Morgan fingerprint density at radius 3 is 3.19 bits per heavy atom. The molecule has 0 spiro atoms. The zero-order valence-corrected chi connectivity index (χ0v) is 9.87. The standard InChI is InChI=1S/C9H12N4O2S/c1-3-15-9(14)10-4-7-12-13-5-6(2)11-8(13)16-7/h5H,3-4H2,1-2H3,(H,10,14). The van der Waals surface area contributed by atoms with Crippen molar-refractivity contribution in [2.45, 2.75) is 20.4 Å². The topological polar surface area (TPSA) is 68.5 Å². The summed E-state index contributed by atoms with van der Waals surface area (Å²) in [7, 11) is 0. The summed E-state index contributed by atoms with van der Waals surface area (Å²) >= 11 is 1.45. The molecule has 7 heteroatoms. The van der Waals surface area contributed by atoms with Gasteiger partial charge in [-0.2, -0.15) is 5.10 Å². The molecule has 6 nitrogen and oxygen atoms in total. The van der Waals surface area contributed by atoms with E-state index in [0.29, 0.717) is 13.2 Å².